The molecule has 24 heavy (non-hydrogen) atoms. The number of carbonyl (C=O) groups excluding carboxylic acids is 2. The maximum Gasteiger partial charge on any atom is 0.417 e. The first-order valence-corrected chi connectivity index (χ1v) is 11.0. The summed E-state index contributed by atoms with van der Waals surface area (Å²) in [4.78, 5) is 25.1. The van der Waals surface area contributed by atoms with Crippen molar-refractivity contribution in [1.82, 2.24) is 4.90 Å². The fraction of sp³-hybridized carbons (Fsp3) is 0.875. The Labute approximate surface area is 143 Å². The van der Waals surface area contributed by atoms with Gasteiger partial charge in [0.15, 0.2) is 13.9 Å². The zero-order valence-electron chi connectivity index (χ0n) is 16.0. The van der Waals surface area contributed by atoms with Crippen LogP contribution in [0.15, 0.2) is 0 Å². The molecule has 1 fully saturated rings. The molecule has 0 unspecified atom stereocenters. The van der Waals surface area contributed by atoms with Crippen LogP contribution in [0.5, 0.6) is 0 Å². The number of amides is 2. The second-order valence-electron chi connectivity index (χ2n) is 8.44. The lowest BCUT2D eigenvalue weighted by atomic mass is 9.80. The van der Waals surface area contributed by atoms with Crippen LogP contribution < -0.4 is 0 Å². The van der Waals surface area contributed by atoms with E-state index < -0.39 is 44.0 Å². The molecule has 0 saturated carbocycles. The highest BCUT2D eigenvalue weighted by atomic mass is 28.4. The second-order valence-corrected chi connectivity index (χ2v) is 13.2. The lowest BCUT2D eigenvalue weighted by Crippen LogP contribution is -2.81. The van der Waals surface area contributed by atoms with Crippen LogP contribution in [0.2, 0.25) is 18.1 Å². The zero-order chi connectivity index (χ0) is 19.3. The van der Waals surface area contributed by atoms with Crippen molar-refractivity contribution in [2.45, 2.75) is 90.3 Å². The molecule has 0 bridgehead atoms. The summed E-state index contributed by atoms with van der Waals surface area (Å²) in [6.07, 6.45) is -1.57. The van der Waals surface area contributed by atoms with Crippen molar-refractivity contribution in [1.29, 1.82) is 0 Å². The Hall–Kier alpha value is -1.02. The van der Waals surface area contributed by atoms with Gasteiger partial charge in [-0.2, -0.15) is 0 Å². The number of carbonyl (C=O) groups is 2. The second kappa shape index (κ2) is 6.05. The molecule has 1 saturated heterocycles. The average molecular weight is 365 g/mol. The lowest BCUT2D eigenvalue weighted by Gasteiger charge is -2.57. The average Bonchev–Trinajstić information content (AvgIpc) is 2.30. The molecular weight excluding hydrogens is 336 g/mol. The molecule has 1 aliphatic rings. The largest absolute Gasteiger partial charge is 0.446 e. The molecule has 1 aliphatic heterocycles. The summed E-state index contributed by atoms with van der Waals surface area (Å²) in [6.45, 7) is 14.8. The van der Waals surface area contributed by atoms with Gasteiger partial charge >= 0.3 is 6.09 Å². The highest BCUT2D eigenvalue weighted by Crippen LogP contribution is 2.48. The van der Waals surface area contributed by atoms with Gasteiger partial charge in [-0.05, 0) is 38.9 Å². The molecule has 2 amide bonds. The van der Waals surface area contributed by atoms with Crippen LogP contribution in [0, 0.1) is 0 Å². The number of hydrogen-bond acceptors (Lipinski definition) is 4. The standard InChI is InChI=1S/C16H29F2NO4Si/c1-10(2)22-13(21)19-11(16(7,17)18)15(6,12(19)20)23-24(8,9)14(3,4)5/h10-11H,1-9H3/t11-,15-/m1/s1. The van der Waals surface area contributed by atoms with Gasteiger partial charge in [-0.25, -0.2) is 18.5 Å². The number of nitrogens with zero attached hydrogens (tertiary/aromatic N) is 1. The summed E-state index contributed by atoms with van der Waals surface area (Å²) < 4.78 is 39.3. The topological polar surface area (TPSA) is 55.8 Å². The number of alkyl halides is 2. The number of likely N-dealkylation sites (tertiary alicyclic amines) is 1. The molecule has 0 aliphatic carbocycles. The quantitative estimate of drug-likeness (QED) is 0.554. The fourth-order valence-corrected chi connectivity index (χ4v) is 4.16. The first-order valence-electron chi connectivity index (χ1n) is 8.07. The highest BCUT2D eigenvalue weighted by Gasteiger charge is 2.70. The Bertz CT molecular complexity index is 525. The molecule has 0 spiro atoms. The third-order valence-corrected chi connectivity index (χ3v) is 9.26. The van der Waals surface area contributed by atoms with Crippen LogP contribution in [0.1, 0.15) is 48.5 Å². The number of rotatable bonds is 4. The molecule has 0 aromatic rings. The van der Waals surface area contributed by atoms with Crippen LogP contribution in [-0.4, -0.2) is 48.9 Å². The summed E-state index contributed by atoms with van der Waals surface area (Å²) in [5.74, 6) is -4.08. The predicted octanol–water partition coefficient (Wildman–Crippen LogP) is 4.18. The number of imide groups is 1. The smallest absolute Gasteiger partial charge is 0.417 e. The van der Waals surface area contributed by atoms with Crippen molar-refractivity contribution in [3.8, 4) is 0 Å². The normalized spacial score (nSPS) is 25.8. The van der Waals surface area contributed by atoms with Crippen molar-refractivity contribution in [3.63, 3.8) is 0 Å². The minimum absolute atomic E-state index is 0.261. The lowest BCUT2D eigenvalue weighted by molar-refractivity contribution is -0.212. The van der Waals surface area contributed by atoms with E-state index >= 15 is 0 Å². The molecule has 0 aromatic carbocycles. The highest BCUT2D eigenvalue weighted by molar-refractivity contribution is 6.74. The van der Waals surface area contributed by atoms with Crippen LogP contribution in [-0.2, 0) is 14.0 Å². The van der Waals surface area contributed by atoms with E-state index in [9.17, 15) is 18.4 Å². The van der Waals surface area contributed by atoms with Gasteiger partial charge in [0.25, 0.3) is 11.8 Å². The van der Waals surface area contributed by atoms with E-state index in [1.54, 1.807) is 13.8 Å². The van der Waals surface area contributed by atoms with Gasteiger partial charge in [0, 0.05) is 6.92 Å². The molecular formula is C16H29F2NO4Si. The van der Waals surface area contributed by atoms with Crippen molar-refractivity contribution < 1.29 is 27.5 Å². The SMILES string of the molecule is CC(C)OC(=O)N1C(=O)[C@](C)(O[Si](C)(C)C(C)(C)C)[C@@H]1C(C)(F)F. The Kier molecular flexibility index (Phi) is 5.30. The maximum atomic E-state index is 14.2. The molecule has 140 valence electrons. The monoisotopic (exact) mass is 365 g/mol. The van der Waals surface area contributed by atoms with E-state index in [1.165, 1.54) is 6.92 Å². The summed E-state index contributed by atoms with van der Waals surface area (Å²) in [5.41, 5.74) is -1.74. The third-order valence-electron chi connectivity index (χ3n) is 4.71. The molecule has 0 aromatic heterocycles. The van der Waals surface area contributed by atoms with E-state index in [0.717, 1.165) is 0 Å². The van der Waals surface area contributed by atoms with E-state index in [4.69, 9.17) is 9.16 Å². The first-order chi connectivity index (χ1) is 10.4. The van der Waals surface area contributed by atoms with Crippen LogP contribution in [0.25, 0.3) is 0 Å². The molecule has 0 radical (unpaired) electrons. The zero-order valence-corrected chi connectivity index (χ0v) is 17.0. The Morgan fingerprint density at radius 2 is 1.71 bits per heavy atom. The van der Waals surface area contributed by atoms with Crippen molar-refractivity contribution in [2.24, 2.45) is 0 Å². The predicted molar refractivity (Wildman–Crippen MR) is 89.6 cm³/mol. The molecule has 0 N–H and O–H groups in total. The van der Waals surface area contributed by atoms with Gasteiger partial charge in [0.1, 0.15) is 6.04 Å². The number of hydrogen-bond donors (Lipinski definition) is 0. The van der Waals surface area contributed by atoms with Gasteiger partial charge in [-0.15, -0.1) is 0 Å². The van der Waals surface area contributed by atoms with Gasteiger partial charge in [0.2, 0.25) is 0 Å². The summed E-state index contributed by atoms with van der Waals surface area (Å²) in [7, 11) is -2.50. The summed E-state index contributed by atoms with van der Waals surface area (Å²) >= 11 is 0. The van der Waals surface area contributed by atoms with E-state index in [1.807, 2.05) is 33.9 Å². The van der Waals surface area contributed by atoms with E-state index in [2.05, 4.69) is 0 Å². The summed E-state index contributed by atoms with van der Waals surface area (Å²) in [5, 5.41) is -0.261. The molecule has 2 atom stereocenters. The van der Waals surface area contributed by atoms with E-state index in [-0.39, 0.29) is 5.04 Å². The first kappa shape index (κ1) is 21.0. The number of β-lactam (4-membered cyclic amide) rings is 1. The Morgan fingerprint density at radius 3 is 2.04 bits per heavy atom. The molecule has 1 heterocycles. The van der Waals surface area contributed by atoms with Crippen molar-refractivity contribution in [3.05, 3.63) is 0 Å². The van der Waals surface area contributed by atoms with Gasteiger partial charge in [-0.1, -0.05) is 20.8 Å². The molecule has 5 nitrogen and oxygen atoms in total. The summed E-state index contributed by atoms with van der Waals surface area (Å²) in [6, 6.07) is -1.68. The fourth-order valence-electron chi connectivity index (χ4n) is 2.59. The van der Waals surface area contributed by atoms with Gasteiger partial charge in [0.05, 0.1) is 6.10 Å². The van der Waals surface area contributed by atoms with E-state index in [0.29, 0.717) is 11.8 Å². The van der Waals surface area contributed by atoms with Crippen molar-refractivity contribution >= 4 is 20.3 Å². The van der Waals surface area contributed by atoms with Gasteiger partial charge in [-0.3, -0.25) is 4.79 Å². The minimum atomic E-state index is -3.30. The Morgan fingerprint density at radius 1 is 1.25 bits per heavy atom. The van der Waals surface area contributed by atoms with Crippen LogP contribution in [0.4, 0.5) is 13.6 Å². The molecule has 1 rings (SSSR count). The molecule has 8 heteroatoms. The number of halogens is 2. The van der Waals surface area contributed by atoms with Crippen molar-refractivity contribution in [2.75, 3.05) is 0 Å². The van der Waals surface area contributed by atoms with Gasteiger partial charge < -0.3 is 9.16 Å². The number of ether oxygens (including phenoxy) is 1. The maximum absolute atomic E-state index is 14.2. The third kappa shape index (κ3) is 3.64. The minimum Gasteiger partial charge on any atom is -0.446 e. The Balaban J connectivity index is 3.20. The van der Waals surface area contributed by atoms with Crippen LogP contribution in [0.3, 0.4) is 0 Å². The van der Waals surface area contributed by atoms with Crippen LogP contribution >= 0.6 is 0 Å².